The summed E-state index contributed by atoms with van der Waals surface area (Å²) in [6, 6.07) is -0.683. The van der Waals surface area contributed by atoms with E-state index in [1.165, 1.54) is 0 Å². The maximum absolute atomic E-state index is 13.7. The molecule has 0 aromatic heterocycles. The SMILES string of the molecule is COC1CC(/C=C(C)/C=C(\C)C(OC(=O)C2CCCCN2C(=O)CC2(O)OC(C(C)C)C(CI)CC2C)C(C)C)C=CC1O. The average Bonchev–Trinajstić information content (AvgIpc) is 2.97. The van der Waals surface area contributed by atoms with Crippen LogP contribution in [0.4, 0.5) is 0 Å². The number of carbonyl (C=O) groups excluding carboxylic acids is 2. The molecule has 1 aliphatic carbocycles. The second kappa shape index (κ2) is 16.5. The van der Waals surface area contributed by atoms with Gasteiger partial charge >= 0.3 is 5.97 Å². The summed E-state index contributed by atoms with van der Waals surface area (Å²) in [5, 5.41) is 21.7. The topological polar surface area (TPSA) is 106 Å². The number of hydrogen-bond donors (Lipinski definition) is 2. The Bertz CT molecular complexity index is 1070. The zero-order valence-corrected chi connectivity index (χ0v) is 30.2. The minimum Gasteiger partial charge on any atom is -0.456 e. The lowest BCUT2D eigenvalue weighted by Gasteiger charge is -2.47. The lowest BCUT2D eigenvalue weighted by Crippen LogP contribution is -2.56. The lowest BCUT2D eigenvalue weighted by molar-refractivity contribution is -0.299. The highest BCUT2D eigenvalue weighted by Crippen LogP contribution is 2.41. The van der Waals surface area contributed by atoms with Gasteiger partial charge in [0, 0.05) is 24.0 Å². The van der Waals surface area contributed by atoms with Gasteiger partial charge in [0.15, 0.2) is 5.79 Å². The predicted octanol–water partition coefficient (Wildman–Crippen LogP) is 5.99. The van der Waals surface area contributed by atoms with E-state index < -0.39 is 30.0 Å². The lowest BCUT2D eigenvalue weighted by atomic mass is 9.79. The molecule has 3 aliphatic rings. The second-order valence-corrected chi connectivity index (χ2v) is 14.8. The van der Waals surface area contributed by atoms with Crippen LogP contribution in [-0.2, 0) is 23.8 Å². The fourth-order valence-corrected chi connectivity index (χ4v) is 7.93. The molecule has 0 saturated carbocycles. The van der Waals surface area contributed by atoms with Crippen LogP contribution in [0.15, 0.2) is 35.5 Å². The molecule has 0 radical (unpaired) electrons. The fourth-order valence-electron chi connectivity index (χ4n) is 7.07. The van der Waals surface area contributed by atoms with Crippen molar-refractivity contribution in [1.29, 1.82) is 0 Å². The van der Waals surface area contributed by atoms with E-state index in [-0.39, 0.29) is 48.2 Å². The number of aliphatic hydroxyl groups is 2. The highest BCUT2D eigenvalue weighted by Gasteiger charge is 2.49. The molecular weight excluding hydrogens is 673 g/mol. The van der Waals surface area contributed by atoms with Crippen LogP contribution in [0.3, 0.4) is 0 Å². The van der Waals surface area contributed by atoms with Crippen LogP contribution in [-0.4, -0.2) is 81.3 Å². The van der Waals surface area contributed by atoms with Crippen molar-refractivity contribution in [3.8, 4) is 0 Å². The zero-order chi connectivity index (χ0) is 32.8. The number of methoxy groups -OCH3 is 1. The van der Waals surface area contributed by atoms with Gasteiger partial charge in [-0.05, 0) is 75.2 Å². The number of rotatable bonds is 11. The second-order valence-electron chi connectivity index (χ2n) is 13.9. The quantitative estimate of drug-likeness (QED) is 0.0886. The van der Waals surface area contributed by atoms with Gasteiger partial charge in [-0.2, -0.15) is 0 Å². The van der Waals surface area contributed by atoms with Crippen molar-refractivity contribution < 1.29 is 34.0 Å². The van der Waals surface area contributed by atoms with Gasteiger partial charge in [-0.1, -0.05) is 87.1 Å². The molecule has 9 unspecified atom stereocenters. The summed E-state index contributed by atoms with van der Waals surface area (Å²) < 4.78 is 18.8. The number of amides is 1. The molecule has 44 heavy (non-hydrogen) atoms. The number of allylic oxidation sites excluding steroid dienone is 4. The van der Waals surface area contributed by atoms with Gasteiger partial charge in [0.25, 0.3) is 0 Å². The number of ether oxygens (including phenoxy) is 3. The summed E-state index contributed by atoms with van der Waals surface area (Å²) in [7, 11) is 1.61. The smallest absolute Gasteiger partial charge is 0.329 e. The summed E-state index contributed by atoms with van der Waals surface area (Å²) in [5.41, 5.74) is 1.97. The summed E-state index contributed by atoms with van der Waals surface area (Å²) in [4.78, 5) is 29.1. The Labute approximate surface area is 278 Å². The Morgan fingerprint density at radius 3 is 2.48 bits per heavy atom. The van der Waals surface area contributed by atoms with E-state index in [0.29, 0.717) is 25.3 Å². The standard InChI is InChI=1S/C35H56INO7/c1-21(2)32(24(6)15-23(5)16-26-12-13-29(38)30(18-26)42-8)43-34(40)28-11-9-10-14-37(28)31(39)19-35(41)25(7)17-27(20-36)33(44-35)22(3)4/h12-13,15-16,21-22,25-30,32-33,38,41H,9-11,14,17-20H2,1-8H3/b23-16+,24-15+. The maximum atomic E-state index is 13.7. The van der Waals surface area contributed by atoms with Crippen molar-refractivity contribution in [2.75, 3.05) is 18.1 Å². The Balaban J connectivity index is 1.72. The van der Waals surface area contributed by atoms with Crippen molar-refractivity contribution in [3.05, 3.63) is 35.5 Å². The Hall–Kier alpha value is -1.27. The average molecular weight is 730 g/mol. The molecule has 2 saturated heterocycles. The zero-order valence-electron chi connectivity index (χ0n) is 28.0. The van der Waals surface area contributed by atoms with Gasteiger partial charge in [0.1, 0.15) is 12.1 Å². The van der Waals surface area contributed by atoms with Crippen molar-refractivity contribution in [3.63, 3.8) is 0 Å². The molecule has 250 valence electrons. The van der Waals surface area contributed by atoms with Crippen LogP contribution in [0, 0.1) is 29.6 Å². The minimum atomic E-state index is -1.56. The summed E-state index contributed by atoms with van der Waals surface area (Å²) in [5.74, 6) is -1.68. The first kappa shape index (κ1) is 37.2. The number of carbonyl (C=O) groups is 2. The van der Waals surface area contributed by atoms with Gasteiger partial charge < -0.3 is 29.3 Å². The van der Waals surface area contributed by atoms with Crippen LogP contribution in [0.25, 0.3) is 0 Å². The third-order valence-electron chi connectivity index (χ3n) is 9.56. The van der Waals surface area contributed by atoms with E-state index in [1.54, 1.807) is 18.1 Å². The first-order valence-corrected chi connectivity index (χ1v) is 17.9. The van der Waals surface area contributed by atoms with Crippen LogP contribution >= 0.6 is 22.6 Å². The van der Waals surface area contributed by atoms with Crippen LogP contribution in [0.5, 0.6) is 0 Å². The molecular formula is C35H56INO7. The number of aliphatic hydroxyl groups excluding tert-OH is 1. The normalized spacial score (nSPS) is 34.4. The summed E-state index contributed by atoms with van der Waals surface area (Å²) >= 11 is 2.38. The van der Waals surface area contributed by atoms with E-state index in [9.17, 15) is 19.8 Å². The van der Waals surface area contributed by atoms with Crippen LogP contribution < -0.4 is 0 Å². The Morgan fingerprint density at radius 1 is 1.16 bits per heavy atom. The number of hydrogen-bond acceptors (Lipinski definition) is 7. The molecule has 0 aromatic rings. The monoisotopic (exact) mass is 729 g/mol. The van der Waals surface area contributed by atoms with E-state index in [2.05, 4.69) is 42.5 Å². The van der Waals surface area contributed by atoms with Gasteiger partial charge in [-0.25, -0.2) is 4.79 Å². The van der Waals surface area contributed by atoms with Gasteiger partial charge in [0.2, 0.25) is 5.91 Å². The summed E-state index contributed by atoms with van der Waals surface area (Å²) in [6.07, 6.45) is 10.1. The first-order chi connectivity index (χ1) is 20.7. The first-order valence-electron chi connectivity index (χ1n) is 16.4. The van der Waals surface area contributed by atoms with E-state index >= 15 is 0 Å². The number of likely N-dealkylation sites (tertiary alicyclic amines) is 1. The summed E-state index contributed by atoms with van der Waals surface area (Å²) in [6.45, 7) is 14.6. The number of piperidine rings is 1. The number of alkyl halides is 1. The van der Waals surface area contributed by atoms with E-state index in [1.807, 2.05) is 46.8 Å². The molecule has 9 atom stereocenters. The Kier molecular flexibility index (Phi) is 14.0. The minimum absolute atomic E-state index is 0.0364. The van der Waals surface area contributed by atoms with E-state index in [0.717, 1.165) is 34.8 Å². The molecule has 0 aromatic carbocycles. The molecule has 2 aliphatic heterocycles. The van der Waals surface area contributed by atoms with Gasteiger partial charge in [0.05, 0.1) is 24.7 Å². The maximum Gasteiger partial charge on any atom is 0.329 e. The molecule has 1 amide bonds. The largest absolute Gasteiger partial charge is 0.456 e. The molecule has 0 bridgehead atoms. The highest BCUT2D eigenvalue weighted by molar-refractivity contribution is 14.1. The molecule has 2 heterocycles. The van der Waals surface area contributed by atoms with Crippen molar-refractivity contribution in [2.45, 2.75) is 123 Å². The third kappa shape index (κ3) is 9.39. The molecule has 8 nitrogen and oxygen atoms in total. The molecule has 9 heteroatoms. The van der Waals surface area contributed by atoms with E-state index in [4.69, 9.17) is 14.2 Å². The van der Waals surface area contributed by atoms with Crippen molar-refractivity contribution >= 4 is 34.5 Å². The molecule has 2 fully saturated rings. The Morgan fingerprint density at radius 2 is 1.86 bits per heavy atom. The highest BCUT2D eigenvalue weighted by atomic mass is 127. The van der Waals surface area contributed by atoms with Crippen LogP contribution in [0.2, 0.25) is 0 Å². The molecule has 0 spiro atoms. The fraction of sp³-hybridized carbons (Fsp3) is 0.771. The molecule has 2 N–H and O–H groups in total. The number of halogens is 1. The van der Waals surface area contributed by atoms with Crippen LogP contribution in [0.1, 0.15) is 87.0 Å². The molecule has 3 rings (SSSR count). The van der Waals surface area contributed by atoms with Gasteiger partial charge in [-0.15, -0.1) is 0 Å². The van der Waals surface area contributed by atoms with Gasteiger partial charge in [-0.3, -0.25) is 4.79 Å². The van der Waals surface area contributed by atoms with Crippen molar-refractivity contribution in [2.24, 2.45) is 29.6 Å². The number of esters is 1. The predicted molar refractivity (Wildman–Crippen MR) is 181 cm³/mol. The van der Waals surface area contributed by atoms with Crippen molar-refractivity contribution in [1.82, 2.24) is 4.90 Å². The number of nitrogens with zero attached hydrogens (tertiary/aromatic N) is 1. The third-order valence-corrected chi connectivity index (χ3v) is 10.7.